The average molecular weight is 313 g/mol. The Hall–Kier alpha value is -0.580. The smallest absolute Gasteiger partial charge is 0.119 e. The number of rotatable bonds is 4. The summed E-state index contributed by atoms with van der Waals surface area (Å²) in [4.78, 5) is 2.49. The molecule has 1 fully saturated rings. The van der Waals surface area contributed by atoms with Crippen molar-refractivity contribution >= 4 is 15.9 Å². The molecule has 1 saturated heterocycles. The van der Waals surface area contributed by atoms with Crippen LogP contribution in [0, 0.1) is 0 Å². The maximum absolute atomic E-state index is 5.77. The first-order valence-corrected chi connectivity index (χ1v) is 7.21. The minimum absolute atomic E-state index is 0.224. The molecule has 0 radical (unpaired) electrons. The van der Waals surface area contributed by atoms with Crippen LogP contribution in [0.25, 0.3) is 0 Å². The van der Waals surface area contributed by atoms with Crippen LogP contribution in [-0.4, -0.2) is 43.2 Å². The van der Waals surface area contributed by atoms with Gasteiger partial charge < -0.3 is 10.1 Å². The Balaban J connectivity index is 1.79. The van der Waals surface area contributed by atoms with Gasteiger partial charge in [-0.1, -0.05) is 15.9 Å². The molecule has 100 valence electrons. The number of piperazine rings is 1. The van der Waals surface area contributed by atoms with Gasteiger partial charge in [0.2, 0.25) is 0 Å². The molecule has 0 atom stereocenters. The molecule has 0 bridgehead atoms. The minimum Gasteiger partial charge on any atom is -0.492 e. The van der Waals surface area contributed by atoms with Crippen molar-refractivity contribution in [3.05, 3.63) is 28.7 Å². The average Bonchev–Trinajstić information content (AvgIpc) is 2.33. The minimum atomic E-state index is 0.224. The summed E-state index contributed by atoms with van der Waals surface area (Å²) in [5.41, 5.74) is 0.224. The molecule has 0 aromatic heterocycles. The zero-order valence-corrected chi connectivity index (χ0v) is 12.7. The molecule has 2 rings (SSSR count). The molecule has 1 aromatic carbocycles. The molecule has 1 aromatic rings. The van der Waals surface area contributed by atoms with Crippen LogP contribution in [0.5, 0.6) is 5.75 Å². The molecule has 1 aliphatic heterocycles. The molecule has 1 heterocycles. The van der Waals surface area contributed by atoms with Gasteiger partial charge in [0.15, 0.2) is 0 Å². The molecular weight excluding hydrogens is 292 g/mol. The highest BCUT2D eigenvalue weighted by Crippen LogP contribution is 2.18. The van der Waals surface area contributed by atoms with Gasteiger partial charge in [0.25, 0.3) is 0 Å². The first kappa shape index (κ1) is 13.8. The Morgan fingerprint density at radius 3 is 2.72 bits per heavy atom. The molecule has 3 nitrogen and oxygen atoms in total. The highest BCUT2D eigenvalue weighted by Gasteiger charge is 2.28. The molecule has 0 amide bonds. The van der Waals surface area contributed by atoms with E-state index in [1.807, 2.05) is 24.3 Å². The first-order valence-electron chi connectivity index (χ1n) is 6.42. The normalized spacial score (nSPS) is 19.7. The molecule has 1 aliphatic rings. The van der Waals surface area contributed by atoms with Crippen molar-refractivity contribution in [2.45, 2.75) is 19.4 Å². The van der Waals surface area contributed by atoms with Crippen LogP contribution in [-0.2, 0) is 0 Å². The molecule has 0 unspecified atom stereocenters. The van der Waals surface area contributed by atoms with E-state index in [1.54, 1.807) is 0 Å². The van der Waals surface area contributed by atoms with E-state index in [4.69, 9.17) is 4.74 Å². The van der Waals surface area contributed by atoms with E-state index in [9.17, 15) is 0 Å². The van der Waals surface area contributed by atoms with Crippen LogP contribution in [0.15, 0.2) is 28.7 Å². The van der Waals surface area contributed by atoms with Gasteiger partial charge in [-0.05, 0) is 38.1 Å². The van der Waals surface area contributed by atoms with Gasteiger partial charge in [-0.3, -0.25) is 4.90 Å². The van der Waals surface area contributed by atoms with E-state index in [0.717, 1.165) is 43.0 Å². The van der Waals surface area contributed by atoms with Gasteiger partial charge in [0, 0.05) is 36.2 Å². The predicted molar refractivity (Wildman–Crippen MR) is 78.2 cm³/mol. The van der Waals surface area contributed by atoms with Crippen LogP contribution in [0.2, 0.25) is 0 Å². The van der Waals surface area contributed by atoms with Crippen LogP contribution in [0.3, 0.4) is 0 Å². The van der Waals surface area contributed by atoms with Crippen LogP contribution < -0.4 is 10.1 Å². The summed E-state index contributed by atoms with van der Waals surface area (Å²) < 4.78 is 6.86. The Labute approximate surface area is 118 Å². The second kappa shape index (κ2) is 6.04. The van der Waals surface area contributed by atoms with Crippen molar-refractivity contribution in [2.75, 3.05) is 32.8 Å². The summed E-state index contributed by atoms with van der Waals surface area (Å²) in [6.45, 7) is 9.48. The van der Waals surface area contributed by atoms with Gasteiger partial charge in [0.05, 0.1) is 0 Å². The topological polar surface area (TPSA) is 24.5 Å². The van der Waals surface area contributed by atoms with Gasteiger partial charge in [-0.15, -0.1) is 0 Å². The third-order valence-electron chi connectivity index (χ3n) is 3.42. The maximum Gasteiger partial charge on any atom is 0.119 e. The van der Waals surface area contributed by atoms with Crippen molar-refractivity contribution in [1.29, 1.82) is 0 Å². The zero-order chi connectivity index (χ0) is 13.0. The monoisotopic (exact) mass is 312 g/mol. The summed E-state index contributed by atoms with van der Waals surface area (Å²) in [6.07, 6.45) is 0. The van der Waals surface area contributed by atoms with Crippen LogP contribution in [0.1, 0.15) is 13.8 Å². The third-order valence-corrected chi connectivity index (χ3v) is 3.94. The Bertz CT molecular complexity index is 378. The van der Waals surface area contributed by atoms with Crippen molar-refractivity contribution in [1.82, 2.24) is 10.2 Å². The highest BCUT2D eigenvalue weighted by molar-refractivity contribution is 9.10. The quantitative estimate of drug-likeness (QED) is 0.924. The molecule has 4 heteroatoms. The largest absolute Gasteiger partial charge is 0.492 e. The molecule has 1 N–H and O–H groups in total. The standard InChI is InChI=1S/C14H21BrN2O/c1-14(2)11-16-7-8-17(14)9-10-18-13-5-3-12(15)4-6-13/h3-6,16H,7-11H2,1-2H3. The molecule has 0 aliphatic carbocycles. The SMILES string of the molecule is CC1(C)CNCCN1CCOc1ccc(Br)cc1. The summed E-state index contributed by atoms with van der Waals surface area (Å²) in [5, 5.41) is 3.43. The Kier molecular flexibility index (Phi) is 4.65. The van der Waals surface area contributed by atoms with Crippen molar-refractivity contribution in [2.24, 2.45) is 0 Å². The highest BCUT2D eigenvalue weighted by atomic mass is 79.9. The van der Waals surface area contributed by atoms with E-state index in [-0.39, 0.29) is 5.54 Å². The van der Waals surface area contributed by atoms with Crippen molar-refractivity contribution in [3.8, 4) is 5.75 Å². The third kappa shape index (κ3) is 3.70. The van der Waals surface area contributed by atoms with Crippen molar-refractivity contribution < 1.29 is 4.74 Å². The first-order chi connectivity index (χ1) is 8.58. The molecule has 18 heavy (non-hydrogen) atoms. The van der Waals surface area contributed by atoms with Crippen LogP contribution in [0.4, 0.5) is 0 Å². The Morgan fingerprint density at radius 2 is 2.06 bits per heavy atom. The Morgan fingerprint density at radius 1 is 1.33 bits per heavy atom. The zero-order valence-electron chi connectivity index (χ0n) is 11.1. The number of hydrogen-bond acceptors (Lipinski definition) is 3. The van der Waals surface area contributed by atoms with E-state index in [0.29, 0.717) is 0 Å². The molecular formula is C14H21BrN2O. The lowest BCUT2D eigenvalue weighted by molar-refractivity contribution is 0.0744. The number of ether oxygens (including phenoxy) is 1. The number of hydrogen-bond donors (Lipinski definition) is 1. The lowest BCUT2D eigenvalue weighted by Gasteiger charge is -2.42. The molecule has 0 spiro atoms. The van der Waals surface area contributed by atoms with Gasteiger partial charge in [-0.25, -0.2) is 0 Å². The fourth-order valence-corrected chi connectivity index (χ4v) is 2.51. The fraction of sp³-hybridized carbons (Fsp3) is 0.571. The lowest BCUT2D eigenvalue weighted by Crippen LogP contribution is -2.58. The van der Waals surface area contributed by atoms with Gasteiger partial charge in [0.1, 0.15) is 12.4 Å². The fourth-order valence-electron chi connectivity index (χ4n) is 2.24. The lowest BCUT2D eigenvalue weighted by atomic mass is 10.0. The maximum atomic E-state index is 5.77. The van der Waals surface area contributed by atoms with Gasteiger partial charge >= 0.3 is 0 Å². The summed E-state index contributed by atoms with van der Waals surface area (Å²) in [7, 11) is 0. The number of nitrogens with zero attached hydrogens (tertiary/aromatic N) is 1. The van der Waals surface area contributed by atoms with E-state index < -0.39 is 0 Å². The van der Waals surface area contributed by atoms with Gasteiger partial charge in [-0.2, -0.15) is 0 Å². The van der Waals surface area contributed by atoms with E-state index in [2.05, 4.69) is 40.0 Å². The summed E-state index contributed by atoms with van der Waals surface area (Å²) in [6, 6.07) is 7.99. The second-order valence-electron chi connectivity index (χ2n) is 5.28. The van der Waals surface area contributed by atoms with Crippen LogP contribution >= 0.6 is 15.9 Å². The number of benzene rings is 1. The summed E-state index contributed by atoms with van der Waals surface area (Å²) in [5.74, 6) is 0.936. The van der Waals surface area contributed by atoms with E-state index in [1.165, 1.54) is 0 Å². The number of nitrogens with one attached hydrogen (secondary N) is 1. The van der Waals surface area contributed by atoms with Crippen molar-refractivity contribution in [3.63, 3.8) is 0 Å². The summed E-state index contributed by atoms with van der Waals surface area (Å²) >= 11 is 3.42. The molecule has 0 saturated carbocycles. The second-order valence-corrected chi connectivity index (χ2v) is 6.19. The van der Waals surface area contributed by atoms with E-state index >= 15 is 0 Å². The number of halogens is 1. The predicted octanol–water partition coefficient (Wildman–Crippen LogP) is 2.51.